The Hall–Kier alpha value is -5.52. The van der Waals surface area contributed by atoms with Crippen LogP contribution in [0.25, 0.3) is 11.1 Å². The maximum atomic E-state index is 14.9. The smallest absolute Gasteiger partial charge is 0.475 e. The third-order valence-corrected chi connectivity index (χ3v) is 6.37. The van der Waals surface area contributed by atoms with Crippen LogP contribution in [-0.4, -0.2) is 98.2 Å². The number of nitrogens with one attached hydrogen (secondary N) is 2. The number of carboxylic acid groups (broad SMARTS) is 3. The molecule has 24 heteroatoms. The lowest BCUT2D eigenvalue weighted by Gasteiger charge is -2.33. The van der Waals surface area contributed by atoms with Crippen LogP contribution in [0.5, 0.6) is 0 Å². The molecule has 0 aliphatic carbocycles. The molecule has 1 saturated heterocycles. The van der Waals surface area contributed by atoms with E-state index in [9.17, 15) is 58.2 Å². The number of aliphatic carboxylic acids is 3. The van der Waals surface area contributed by atoms with Crippen molar-refractivity contribution in [2.75, 3.05) is 23.3 Å². The largest absolute Gasteiger partial charge is 0.490 e. The fraction of sp³-hybridized carbons (Fsp3) is 0.345. The molecule has 13 nitrogen and oxygen atoms in total. The van der Waals surface area contributed by atoms with Crippen molar-refractivity contribution in [2.24, 2.45) is 5.73 Å². The molecule has 0 saturated carbocycles. The second-order valence-electron chi connectivity index (χ2n) is 10.4. The zero-order valence-electron chi connectivity index (χ0n) is 26.4. The summed E-state index contributed by atoms with van der Waals surface area (Å²) < 4.78 is 124. The predicted molar refractivity (Wildman–Crippen MR) is 159 cm³/mol. The summed E-state index contributed by atoms with van der Waals surface area (Å²) in [5.74, 6) is -9.68. The Kier molecular flexibility index (Phi) is 16.6. The SMILES string of the molecule is N[C@H](Cc1cccc(F)c1)C(=O)Nc1cc(F)c(-c2cn[nH]c2)cc1N1CCC(O)CC1.O=C(O)C(F)(F)F.O=C(O)C(F)(F)F.O=C(O)C(F)(F)F. The Bertz CT molecular complexity index is 1620. The molecule has 1 aromatic heterocycles. The number of carbonyl (C=O) groups excluding carboxylic acids is 1. The molecule has 1 aliphatic rings. The highest BCUT2D eigenvalue weighted by molar-refractivity contribution is 5.98. The molecular weight excluding hydrogens is 755 g/mol. The summed E-state index contributed by atoms with van der Waals surface area (Å²) in [6, 6.07) is 7.91. The van der Waals surface area contributed by atoms with Crippen LogP contribution in [0.4, 0.5) is 59.7 Å². The normalized spacial score (nSPS) is 13.9. The number of rotatable bonds is 6. The number of carbonyl (C=O) groups is 4. The second kappa shape index (κ2) is 19.4. The molecule has 1 aliphatic heterocycles. The first kappa shape index (κ1) is 45.5. The molecule has 0 radical (unpaired) electrons. The number of anilines is 2. The second-order valence-corrected chi connectivity index (χ2v) is 10.4. The molecule has 1 amide bonds. The number of aliphatic hydroxyl groups is 1. The van der Waals surface area contributed by atoms with E-state index in [1.54, 1.807) is 24.4 Å². The van der Waals surface area contributed by atoms with Gasteiger partial charge in [0.2, 0.25) is 5.91 Å². The van der Waals surface area contributed by atoms with Crippen molar-refractivity contribution in [3.63, 3.8) is 0 Å². The molecule has 1 atom stereocenters. The Labute approximate surface area is 289 Å². The first-order valence-corrected chi connectivity index (χ1v) is 14.2. The Morgan fingerprint density at radius 2 is 1.36 bits per heavy atom. The zero-order chi connectivity index (χ0) is 40.9. The van der Waals surface area contributed by atoms with Crippen molar-refractivity contribution in [2.45, 2.75) is 49.9 Å². The van der Waals surface area contributed by atoms with Gasteiger partial charge in [-0.25, -0.2) is 23.2 Å². The van der Waals surface area contributed by atoms with Crippen LogP contribution in [0, 0.1) is 11.6 Å². The number of hydrogen-bond donors (Lipinski definition) is 7. The lowest BCUT2D eigenvalue weighted by Crippen LogP contribution is -2.39. The van der Waals surface area contributed by atoms with Crippen LogP contribution in [0.1, 0.15) is 18.4 Å². The number of aliphatic hydroxyl groups excluding tert-OH is 1. The molecule has 53 heavy (non-hydrogen) atoms. The summed E-state index contributed by atoms with van der Waals surface area (Å²) in [7, 11) is 0. The van der Waals surface area contributed by atoms with Gasteiger partial charge in [-0.15, -0.1) is 0 Å². The van der Waals surface area contributed by atoms with Gasteiger partial charge in [0.05, 0.1) is 29.7 Å². The van der Waals surface area contributed by atoms with E-state index in [2.05, 4.69) is 15.5 Å². The Balaban J connectivity index is 0.000000545. The van der Waals surface area contributed by atoms with E-state index in [0.29, 0.717) is 54.0 Å². The van der Waals surface area contributed by atoms with Crippen molar-refractivity contribution in [3.8, 4) is 11.1 Å². The lowest BCUT2D eigenvalue weighted by atomic mass is 10.0. The van der Waals surface area contributed by atoms with Crippen molar-refractivity contribution in [1.29, 1.82) is 0 Å². The van der Waals surface area contributed by atoms with Gasteiger partial charge in [0, 0.05) is 36.5 Å². The van der Waals surface area contributed by atoms with Crippen LogP contribution in [-0.2, 0) is 25.6 Å². The van der Waals surface area contributed by atoms with Gasteiger partial charge in [-0.05, 0) is 43.0 Å². The minimum Gasteiger partial charge on any atom is -0.475 e. The summed E-state index contributed by atoms with van der Waals surface area (Å²) in [5.41, 5.74) is 8.52. The van der Waals surface area contributed by atoms with Crippen LogP contribution in [0.3, 0.4) is 0 Å². The third-order valence-electron chi connectivity index (χ3n) is 6.37. The number of amides is 1. The Morgan fingerprint density at radius 1 is 0.868 bits per heavy atom. The van der Waals surface area contributed by atoms with Crippen LogP contribution < -0.4 is 16.0 Å². The maximum absolute atomic E-state index is 14.9. The van der Waals surface area contributed by atoms with Crippen LogP contribution in [0.15, 0.2) is 48.8 Å². The van der Waals surface area contributed by atoms with E-state index in [1.165, 1.54) is 24.4 Å². The standard InChI is InChI=1S/C23H25F2N5O2.3C2HF3O2/c24-16-3-1-2-14(8-16)9-20(26)23(32)29-21-11-19(25)18(15-12-27-28-13-15)10-22(21)30-6-4-17(31)5-7-30;3*3-2(4,5)1(6)7/h1-3,8,10-13,17,20,31H,4-7,9,26H2,(H,27,28)(H,29,32);3*(H,6,7)/t20-;;;/m1.../s1. The highest BCUT2D eigenvalue weighted by atomic mass is 19.4. The van der Waals surface area contributed by atoms with Crippen molar-refractivity contribution in [3.05, 3.63) is 66.0 Å². The minimum atomic E-state index is -5.08. The van der Waals surface area contributed by atoms with Gasteiger partial charge in [0.15, 0.2) is 0 Å². The number of nitrogens with zero attached hydrogens (tertiary/aromatic N) is 2. The molecular formula is C29H28F11N5O8. The molecule has 0 unspecified atom stereocenters. The summed E-state index contributed by atoms with van der Waals surface area (Å²) >= 11 is 0. The van der Waals surface area contributed by atoms with E-state index in [0.717, 1.165) is 0 Å². The van der Waals surface area contributed by atoms with Gasteiger partial charge in [-0.2, -0.15) is 44.6 Å². The minimum absolute atomic E-state index is 0.143. The van der Waals surface area contributed by atoms with Crippen molar-refractivity contribution in [1.82, 2.24) is 10.2 Å². The Morgan fingerprint density at radius 3 is 1.77 bits per heavy atom. The molecule has 8 N–H and O–H groups in total. The molecule has 2 aromatic carbocycles. The number of aromatic amines is 1. The van der Waals surface area contributed by atoms with E-state index in [4.69, 9.17) is 35.4 Å². The number of hydrogen-bond acceptors (Lipinski definition) is 8. The first-order valence-electron chi connectivity index (χ1n) is 14.2. The summed E-state index contributed by atoms with van der Waals surface area (Å²) in [6.07, 6.45) is -11.2. The number of carboxylic acids is 3. The van der Waals surface area contributed by atoms with Crippen molar-refractivity contribution >= 4 is 35.2 Å². The summed E-state index contributed by atoms with van der Waals surface area (Å²) in [4.78, 5) is 41.5. The number of benzene rings is 2. The van der Waals surface area contributed by atoms with Crippen LogP contribution in [0.2, 0.25) is 0 Å². The van der Waals surface area contributed by atoms with Gasteiger partial charge in [-0.1, -0.05) is 12.1 Å². The highest BCUT2D eigenvalue weighted by Crippen LogP contribution is 2.35. The lowest BCUT2D eigenvalue weighted by molar-refractivity contribution is -0.193. The van der Waals surface area contributed by atoms with Gasteiger partial charge < -0.3 is 36.4 Å². The number of H-pyrrole nitrogens is 1. The van der Waals surface area contributed by atoms with Gasteiger partial charge in [0.25, 0.3) is 0 Å². The van der Waals surface area contributed by atoms with Crippen LogP contribution >= 0.6 is 0 Å². The zero-order valence-corrected chi connectivity index (χ0v) is 26.4. The molecule has 2 heterocycles. The third kappa shape index (κ3) is 16.1. The first-order chi connectivity index (χ1) is 24.2. The van der Waals surface area contributed by atoms with Crippen molar-refractivity contribution < 1.29 is 87.9 Å². The number of alkyl halides is 9. The molecule has 4 rings (SSSR count). The van der Waals surface area contributed by atoms with E-state index >= 15 is 0 Å². The quantitative estimate of drug-likeness (QED) is 0.170. The number of piperidine rings is 1. The highest BCUT2D eigenvalue weighted by Gasteiger charge is 2.39. The number of aromatic nitrogens is 2. The van der Waals surface area contributed by atoms with Gasteiger partial charge in [-0.3, -0.25) is 9.89 Å². The number of nitrogens with two attached hydrogens (primary N) is 1. The maximum Gasteiger partial charge on any atom is 0.490 e. The topological polar surface area (TPSA) is 219 Å². The average molecular weight is 784 g/mol. The van der Waals surface area contributed by atoms with Gasteiger partial charge in [0.1, 0.15) is 11.6 Å². The summed E-state index contributed by atoms with van der Waals surface area (Å²) in [5, 5.41) is 40.5. The fourth-order valence-electron chi connectivity index (χ4n) is 3.89. The van der Waals surface area contributed by atoms with Gasteiger partial charge >= 0.3 is 36.4 Å². The number of halogens is 11. The van der Waals surface area contributed by atoms with E-state index in [1.807, 2.05) is 4.90 Å². The average Bonchev–Trinajstić information content (AvgIpc) is 3.56. The molecule has 1 fully saturated rings. The molecule has 294 valence electrons. The van der Waals surface area contributed by atoms with E-state index < -0.39 is 60.0 Å². The molecule has 0 spiro atoms. The predicted octanol–water partition coefficient (Wildman–Crippen LogP) is 4.72. The molecule has 3 aromatic rings. The summed E-state index contributed by atoms with van der Waals surface area (Å²) in [6.45, 7) is 1.13. The molecule has 0 bridgehead atoms. The van der Waals surface area contributed by atoms with E-state index in [-0.39, 0.29) is 12.5 Å². The fourth-order valence-corrected chi connectivity index (χ4v) is 3.89. The monoisotopic (exact) mass is 783 g/mol.